The Labute approximate surface area is 227 Å². The van der Waals surface area contributed by atoms with E-state index in [2.05, 4.69) is 13.2 Å². The highest BCUT2D eigenvalue weighted by Gasteiger charge is 2.12. The predicted octanol–water partition coefficient (Wildman–Crippen LogP) is 3.40. The van der Waals surface area contributed by atoms with E-state index in [0.717, 1.165) is 0 Å². The molecule has 10 nitrogen and oxygen atoms in total. The highest BCUT2D eigenvalue weighted by atomic mass is 16.5. The monoisotopic (exact) mass is 542 g/mol. The van der Waals surface area contributed by atoms with Crippen LogP contribution in [0.2, 0.25) is 0 Å². The largest absolute Gasteiger partial charge is 0.493 e. The van der Waals surface area contributed by atoms with E-state index in [1.165, 1.54) is 13.8 Å². The van der Waals surface area contributed by atoms with Crippen molar-refractivity contribution < 1.29 is 48.3 Å². The van der Waals surface area contributed by atoms with E-state index in [1.807, 2.05) is 0 Å². The molecule has 2 unspecified atom stereocenters. The maximum atomic E-state index is 12.4. The van der Waals surface area contributed by atoms with Gasteiger partial charge in [0, 0.05) is 24.0 Å². The Balaban J connectivity index is 1.70. The summed E-state index contributed by atoms with van der Waals surface area (Å²) in [6.07, 6.45) is -1.23. The Morgan fingerprint density at radius 2 is 1.08 bits per heavy atom. The average molecular weight is 543 g/mol. The lowest BCUT2D eigenvalue weighted by molar-refractivity contribution is -0.142. The van der Waals surface area contributed by atoms with Crippen molar-refractivity contribution in [3.63, 3.8) is 0 Å². The van der Waals surface area contributed by atoms with Crippen molar-refractivity contribution in [2.24, 2.45) is 0 Å². The molecule has 2 aromatic rings. The summed E-state index contributed by atoms with van der Waals surface area (Å²) in [6, 6.07) is 12.7. The van der Waals surface area contributed by atoms with Gasteiger partial charge in [-0.25, -0.2) is 14.4 Å². The SMILES string of the molecule is C=C(C)C(=O)OCC(O)CCOc1ccc(OC(=O)c2ccc(OCCC(O)COC(=O)C(=C)C)cc2)cc1. The normalized spacial score (nSPS) is 12.0. The van der Waals surface area contributed by atoms with Crippen LogP contribution in [0.3, 0.4) is 0 Å². The molecule has 2 aromatic carbocycles. The summed E-state index contributed by atoms with van der Waals surface area (Å²) >= 11 is 0. The first-order chi connectivity index (χ1) is 18.5. The van der Waals surface area contributed by atoms with Gasteiger partial charge in [0.2, 0.25) is 0 Å². The van der Waals surface area contributed by atoms with Gasteiger partial charge in [-0.3, -0.25) is 0 Å². The minimum absolute atomic E-state index is 0.144. The van der Waals surface area contributed by atoms with Crippen LogP contribution in [0.5, 0.6) is 17.2 Å². The first-order valence-corrected chi connectivity index (χ1v) is 12.2. The minimum atomic E-state index is -0.871. The molecule has 39 heavy (non-hydrogen) atoms. The van der Waals surface area contributed by atoms with Crippen molar-refractivity contribution in [1.29, 1.82) is 0 Å². The molecule has 0 fully saturated rings. The number of hydrogen-bond acceptors (Lipinski definition) is 10. The van der Waals surface area contributed by atoms with Gasteiger partial charge in [0.15, 0.2) is 0 Å². The zero-order chi connectivity index (χ0) is 28.8. The second-order valence-corrected chi connectivity index (χ2v) is 8.72. The highest BCUT2D eigenvalue weighted by Crippen LogP contribution is 2.20. The zero-order valence-corrected chi connectivity index (χ0v) is 22.1. The topological polar surface area (TPSA) is 138 Å². The summed E-state index contributed by atoms with van der Waals surface area (Å²) in [5.74, 6) is -0.342. The summed E-state index contributed by atoms with van der Waals surface area (Å²) in [6.45, 7) is 10.1. The third-order valence-electron chi connectivity index (χ3n) is 5.07. The van der Waals surface area contributed by atoms with E-state index in [0.29, 0.717) is 22.8 Å². The quantitative estimate of drug-likeness (QED) is 0.184. The molecule has 0 saturated heterocycles. The Morgan fingerprint density at radius 3 is 1.49 bits per heavy atom. The van der Waals surface area contributed by atoms with Gasteiger partial charge in [-0.05, 0) is 62.4 Å². The fourth-order valence-electron chi connectivity index (χ4n) is 2.84. The molecule has 0 aliphatic heterocycles. The molecular formula is C29H34O10. The van der Waals surface area contributed by atoms with E-state index >= 15 is 0 Å². The van der Waals surface area contributed by atoms with Gasteiger partial charge in [0.25, 0.3) is 0 Å². The Morgan fingerprint density at radius 1 is 0.692 bits per heavy atom. The summed E-state index contributed by atoms with van der Waals surface area (Å²) in [5, 5.41) is 19.7. The standard InChI is InChI=1S/C29H34O10/c1-19(2)27(32)37-17-22(30)13-15-35-24-7-5-21(6-8-24)29(34)39-26-11-9-25(10-12-26)36-16-14-23(31)18-38-28(33)20(3)4/h5-12,22-23,30-31H,1,3,13-18H2,2,4H3. The van der Waals surface area contributed by atoms with Crippen molar-refractivity contribution >= 4 is 17.9 Å². The van der Waals surface area contributed by atoms with Gasteiger partial charge >= 0.3 is 17.9 Å². The average Bonchev–Trinajstić information content (AvgIpc) is 2.91. The molecule has 0 aliphatic rings. The van der Waals surface area contributed by atoms with Crippen LogP contribution in [-0.4, -0.2) is 66.8 Å². The number of benzene rings is 2. The molecule has 0 bridgehead atoms. The fraction of sp³-hybridized carbons (Fsp3) is 0.345. The van der Waals surface area contributed by atoms with Crippen LogP contribution in [0, 0.1) is 0 Å². The first kappa shape index (κ1) is 31.1. The molecular weight excluding hydrogens is 508 g/mol. The molecule has 2 N–H and O–H groups in total. The van der Waals surface area contributed by atoms with E-state index in [1.54, 1.807) is 48.5 Å². The van der Waals surface area contributed by atoms with Crippen LogP contribution in [-0.2, 0) is 19.1 Å². The summed E-state index contributed by atoms with van der Waals surface area (Å²) in [5.41, 5.74) is 0.833. The predicted molar refractivity (Wildman–Crippen MR) is 142 cm³/mol. The first-order valence-electron chi connectivity index (χ1n) is 12.2. The van der Waals surface area contributed by atoms with Crippen LogP contribution in [0.15, 0.2) is 72.8 Å². The number of carbonyl (C=O) groups excluding carboxylic acids is 3. The van der Waals surface area contributed by atoms with E-state index < -0.39 is 30.1 Å². The molecule has 0 spiro atoms. The van der Waals surface area contributed by atoms with Crippen LogP contribution >= 0.6 is 0 Å². The number of aliphatic hydroxyl groups is 2. The molecule has 10 heteroatoms. The maximum Gasteiger partial charge on any atom is 0.343 e. The van der Waals surface area contributed by atoms with Crippen molar-refractivity contribution in [3.8, 4) is 17.2 Å². The molecule has 0 aromatic heterocycles. The molecule has 0 aliphatic carbocycles. The number of ether oxygens (including phenoxy) is 5. The van der Waals surface area contributed by atoms with Gasteiger partial charge in [-0.15, -0.1) is 0 Å². The number of carbonyl (C=O) groups is 3. The smallest absolute Gasteiger partial charge is 0.343 e. The van der Waals surface area contributed by atoms with Crippen LogP contribution < -0.4 is 14.2 Å². The fourth-order valence-corrected chi connectivity index (χ4v) is 2.84. The van der Waals surface area contributed by atoms with Crippen molar-refractivity contribution in [3.05, 3.63) is 78.4 Å². The third-order valence-corrected chi connectivity index (χ3v) is 5.07. The molecule has 210 valence electrons. The lowest BCUT2D eigenvalue weighted by atomic mass is 10.2. The number of hydrogen-bond donors (Lipinski definition) is 2. The van der Waals surface area contributed by atoms with Crippen LogP contribution in [0.4, 0.5) is 0 Å². The Bertz CT molecular complexity index is 1120. The molecule has 0 heterocycles. The lowest BCUT2D eigenvalue weighted by Crippen LogP contribution is -2.21. The summed E-state index contributed by atoms with van der Waals surface area (Å²) in [7, 11) is 0. The van der Waals surface area contributed by atoms with Gasteiger partial charge < -0.3 is 33.9 Å². The molecule has 0 radical (unpaired) electrons. The summed E-state index contributed by atoms with van der Waals surface area (Å²) < 4.78 is 26.3. The number of esters is 3. The molecule has 2 atom stereocenters. The van der Waals surface area contributed by atoms with Gasteiger partial charge in [-0.2, -0.15) is 0 Å². The van der Waals surface area contributed by atoms with Crippen molar-refractivity contribution in [2.45, 2.75) is 38.9 Å². The van der Waals surface area contributed by atoms with Gasteiger partial charge in [0.05, 0.1) is 31.0 Å². The maximum absolute atomic E-state index is 12.4. The Kier molecular flexibility index (Phi) is 12.7. The summed E-state index contributed by atoms with van der Waals surface area (Å²) in [4.78, 5) is 35.1. The number of aliphatic hydroxyl groups excluding tert-OH is 2. The third kappa shape index (κ3) is 11.8. The van der Waals surface area contributed by atoms with E-state index in [4.69, 9.17) is 23.7 Å². The second-order valence-electron chi connectivity index (χ2n) is 8.72. The lowest BCUT2D eigenvalue weighted by Gasteiger charge is -2.13. The van der Waals surface area contributed by atoms with Crippen LogP contribution in [0.25, 0.3) is 0 Å². The van der Waals surface area contributed by atoms with Crippen molar-refractivity contribution in [1.82, 2.24) is 0 Å². The van der Waals surface area contributed by atoms with Crippen molar-refractivity contribution in [2.75, 3.05) is 26.4 Å². The van der Waals surface area contributed by atoms with E-state index in [-0.39, 0.29) is 50.4 Å². The molecule has 2 rings (SSSR count). The molecule has 0 amide bonds. The van der Waals surface area contributed by atoms with Crippen LogP contribution in [0.1, 0.15) is 37.0 Å². The van der Waals surface area contributed by atoms with E-state index in [9.17, 15) is 24.6 Å². The second kappa shape index (κ2) is 16.0. The minimum Gasteiger partial charge on any atom is -0.493 e. The van der Waals surface area contributed by atoms with Gasteiger partial charge in [0.1, 0.15) is 30.5 Å². The Hall–Kier alpha value is -4.15. The highest BCUT2D eigenvalue weighted by molar-refractivity contribution is 5.91. The zero-order valence-electron chi connectivity index (χ0n) is 22.1. The number of rotatable bonds is 16. The molecule has 0 saturated carbocycles. The van der Waals surface area contributed by atoms with Gasteiger partial charge in [-0.1, -0.05) is 13.2 Å².